The van der Waals surface area contributed by atoms with Crippen molar-refractivity contribution in [2.45, 2.75) is 31.8 Å². The molecule has 0 saturated carbocycles. The smallest absolute Gasteiger partial charge is 0.264 e. The summed E-state index contributed by atoms with van der Waals surface area (Å²) in [6.45, 7) is 3.73. The summed E-state index contributed by atoms with van der Waals surface area (Å²) in [7, 11) is 1.42. The van der Waals surface area contributed by atoms with E-state index < -0.39 is 9.05 Å². The van der Waals surface area contributed by atoms with Gasteiger partial charge in [-0.2, -0.15) is 5.10 Å². The van der Waals surface area contributed by atoms with Crippen LogP contribution in [-0.2, 0) is 26.9 Å². The van der Waals surface area contributed by atoms with E-state index in [-0.39, 0.29) is 23.0 Å². The van der Waals surface area contributed by atoms with Crippen molar-refractivity contribution in [2.75, 3.05) is 0 Å². The molecule has 1 N–H and O–H groups in total. The molecule has 0 aromatic carbocycles. The van der Waals surface area contributed by atoms with Gasteiger partial charge in [0, 0.05) is 30.3 Å². The second kappa shape index (κ2) is 4.84. The highest BCUT2D eigenvalue weighted by molar-refractivity contribution is 8.13. The Labute approximate surface area is 98.0 Å². The van der Waals surface area contributed by atoms with Crippen molar-refractivity contribution in [3.05, 3.63) is 11.9 Å². The third-order valence-electron chi connectivity index (χ3n) is 1.89. The van der Waals surface area contributed by atoms with E-state index in [1.54, 1.807) is 0 Å². The molecule has 0 atom stereocenters. The molecular weight excluding hydrogens is 254 g/mol. The molecule has 16 heavy (non-hydrogen) atoms. The zero-order valence-electron chi connectivity index (χ0n) is 8.90. The molecule has 0 fully saturated rings. The molecule has 0 radical (unpaired) electrons. The predicted octanol–water partition coefficient (Wildman–Crippen LogP) is 0.467. The number of halogens is 1. The van der Waals surface area contributed by atoms with Crippen LogP contribution in [0.1, 0.15) is 19.5 Å². The second-order valence-electron chi connectivity index (χ2n) is 3.14. The topological polar surface area (TPSA) is 81.1 Å². The summed E-state index contributed by atoms with van der Waals surface area (Å²) < 4.78 is 23.9. The summed E-state index contributed by atoms with van der Waals surface area (Å²) >= 11 is 0. The zero-order valence-corrected chi connectivity index (χ0v) is 10.5. The van der Waals surface area contributed by atoms with Gasteiger partial charge >= 0.3 is 0 Å². The summed E-state index contributed by atoms with van der Waals surface area (Å²) in [5.74, 6) is -0.260. The first-order chi connectivity index (χ1) is 7.34. The van der Waals surface area contributed by atoms with E-state index in [2.05, 4.69) is 10.4 Å². The van der Waals surface area contributed by atoms with Crippen LogP contribution in [0.15, 0.2) is 11.1 Å². The Hall–Kier alpha value is -1.08. The Bertz CT molecular complexity index is 495. The van der Waals surface area contributed by atoms with Crippen molar-refractivity contribution < 1.29 is 13.2 Å². The highest BCUT2D eigenvalue weighted by atomic mass is 35.7. The predicted molar refractivity (Wildman–Crippen MR) is 58.5 cm³/mol. The highest BCUT2D eigenvalue weighted by Gasteiger charge is 2.19. The number of carbonyl (C=O) groups is 1. The van der Waals surface area contributed by atoms with Crippen molar-refractivity contribution in [3.8, 4) is 0 Å². The lowest BCUT2D eigenvalue weighted by Gasteiger charge is -1.99. The molecule has 0 saturated heterocycles. The Balaban J connectivity index is 3.06. The van der Waals surface area contributed by atoms with E-state index in [1.807, 2.05) is 6.92 Å². The maximum atomic E-state index is 11.2. The number of nitrogens with zero attached hydrogens (tertiary/aromatic N) is 2. The van der Waals surface area contributed by atoms with Gasteiger partial charge in [-0.3, -0.25) is 9.48 Å². The lowest BCUT2D eigenvalue weighted by molar-refractivity contribution is -0.119. The van der Waals surface area contributed by atoms with Gasteiger partial charge in [0.25, 0.3) is 9.05 Å². The standard InChI is InChI=1S/C8H12ClN3O3S/c1-3-12-5-8(16(9,14)15)7(11-12)4-10-6(2)13/h5H,3-4H2,1-2H3,(H,10,13). The average molecular weight is 266 g/mol. The van der Waals surface area contributed by atoms with E-state index in [4.69, 9.17) is 10.7 Å². The molecule has 0 aliphatic heterocycles. The van der Waals surface area contributed by atoms with Crippen LogP contribution in [0.5, 0.6) is 0 Å². The average Bonchev–Trinajstić information content (AvgIpc) is 2.57. The molecule has 1 aromatic rings. The molecule has 0 spiro atoms. The fourth-order valence-electron chi connectivity index (χ4n) is 1.14. The molecule has 0 unspecified atom stereocenters. The van der Waals surface area contributed by atoms with E-state index in [1.165, 1.54) is 17.8 Å². The van der Waals surface area contributed by atoms with E-state index in [0.29, 0.717) is 6.54 Å². The molecule has 0 bridgehead atoms. The quantitative estimate of drug-likeness (QED) is 0.803. The summed E-state index contributed by atoms with van der Waals surface area (Å²) in [5.41, 5.74) is 0.243. The van der Waals surface area contributed by atoms with E-state index in [9.17, 15) is 13.2 Å². The Kier molecular flexibility index (Phi) is 3.93. The third-order valence-corrected chi connectivity index (χ3v) is 3.26. The van der Waals surface area contributed by atoms with Crippen LogP contribution < -0.4 is 5.32 Å². The number of aryl methyl sites for hydroxylation is 1. The van der Waals surface area contributed by atoms with Gasteiger partial charge in [-0.25, -0.2) is 8.42 Å². The minimum Gasteiger partial charge on any atom is -0.351 e. The van der Waals surface area contributed by atoms with Crippen LogP contribution in [0.3, 0.4) is 0 Å². The molecule has 0 aliphatic rings. The van der Waals surface area contributed by atoms with Gasteiger partial charge in [0.2, 0.25) is 5.91 Å². The van der Waals surface area contributed by atoms with Crippen LogP contribution in [0.2, 0.25) is 0 Å². The SMILES string of the molecule is CCn1cc(S(=O)(=O)Cl)c(CNC(C)=O)n1. The zero-order chi connectivity index (χ0) is 12.3. The van der Waals surface area contributed by atoms with Crippen LogP contribution in [0.25, 0.3) is 0 Å². The first kappa shape index (κ1) is 13.0. The summed E-state index contributed by atoms with van der Waals surface area (Å²) in [4.78, 5) is 10.7. The summed E-state index contributed by atoms with van der Waals surface area (Å²) in [6.07, 6.45) is 1.35. The lowest BCUT2D eigenvalue weighted by atomic mass is 10.4. The molecule has 0 aliphatic carbocycles. The monoisotopic (exact) mass is 265 g/mol. The van der Waals surface area contributed by atoms with Crippen LogP contribution in [0, 0.1) is 0 Å². The number of amides is 1. The second-order valence-corrected chi connectivity index (χ2v) is 5.68. The van der Waals surface area contributed by atoms with Crippen molar-refractivity contribution in [1.82, 2.24) is 15.1 Å². The molecule has 1 rings (SSSR count). The van der Waals surface area contributed by atoms with Crippen molar-refractivity contribution >= 4 is 25.6 Å². The van der Waals surface area contributed by atoms with Crippen LogP contribution >= 0.6 is 10.7 Å². The van der Waals surface area contributed by atoms with Gasteiger partial charge in [0.15, 0.2) is 0 Å². The minimum atomic E-state index is -3.83. The normalized spacial score (nSPS) is 11.4. The Morgan fingerprint density at radius 3 is 2.69 bits per heavy atom. The number of aromatic nitrogens is 2. The fraction of sp³-hybridized carbons (Fsp3) is 0.500. The third kappa shape index (κ3) is 3.21. The molecule has 90 valence electrons. The molecular formula is C8H12ClN3O3S. The highest BCUT2D eigenvalue weighted by Crippen LogP contribution is 2.18. The van der Waals surface area contributed by atoms with Gasteiger partial charge < -0.3 is 5.32 Å². The molecule has 8 heteroatoms. The maximum absolute atomic E-state index is 11.2. The van der Waals surface area contributed by atoms with Gasteiger partial charge in [-0.1, -0.05) is 0 Å². The maximum Gasteiger partial charge on any atom is 0.264 e. The number of rotatable bonds is 4. The minimum absolute atomic E-state index is 0.0453. The van der Waals surface area contributed by atoms with Crippen molar-refractivity contribution in [2.24, 2.45) is 0 Å². The van der Waals surface area contributed by atoms with Crippen LogP contribution in [0.4, 0.5) is 0 Å². The van der Waals surface area contributed by atoms with Gasteiger partial charge in [-0.05, 0) is 6.92 Å². The molecule has 1 amide bonds. The number of hydrogen-bond acceptors (Lipinski definition) is 4. The van der Waals surface area contributed by atoms with E-state index >= 15 is 0 Å². The van der Waals surface area contributed by atoms with Gasteiger partial charge in [0.1, 0.15) is 10.6 Å². The first-order valence-corrected chi connectivity index (χ1v) is 6.91. The molecule has 1 aromatic heterocycles. The van der Waals surface area contributed by atoms with E-state index in [0.717, 1.165) is 0 Å². The largest absolute Gasteiger partial charge is 0.351 e. The molecule has 6 nitrogen and oxygen atoms in total. The summed E-state index contributed by atoms with van der Waals surface area (Å²) in [5, 5.41) is 6.48. The van der Waals surface area contributed by atoms with Gasteiger partial charge in [-0.15, -0.1) is 0 Å². The lowest BCUT2D eigenvalue weighted by Crippen LogP contribution is -2.20. The first-order valence-electron chi connectivity index (χ1n) is 4.60. The number of nitrogens with one attached hydrogen (secondary N) is 1. The fourth-order valence-corrected chi connectivity index (χ4v) is 2.17. The van der Waals surface area contributed by atoms with Crippen molar-refractivity contribution in [3.63, 3.8) is 0 Å². The molecule has 1 heterocycles. The van der Waals surface area contributed by atoms with Gasteiger partial charge in [0.05, 0.1) is 6.54 Å². The number of carbonyl (C=O) groups excluding carboxylic acids is 1. The van der Waals surface area contributed by atoms with Crippen LogP contribution in [-0.4, -0.2) is 24.1 Å². The number of hydrogen-bond donors (Lipinski definition) is 1. The summed E-state index contributed by atoms with van der Waals surface area (Å²) in [6, 6.07) is 0. The Morgan fingerprint density at radius 1 is 1.62 bits per heavy atom. The Morgan fingerprint density at radius 2 is 2.25 bits per heavy atom. The van der Waals surface area contributed by atoms with Crippen molar-refractivity contribution in [1.29, 1.82) is 0 Å².